The highest BCUT2D eigenvalue weighted by molar-refractivity contribution is 5.70. The van der Waals surface area contributed by atoms with Crippen molar-refractivity contribution in [3.8, 4) is 0 Å². The fraction of sp³-hybridized carbons (Fsp3) is 0.350. The molecule has 0 saturated heterocycles. The Labute approximate surface area is 149 Å². The Kier molecular flexibility index (Phi) is 6.98. The van der Waals surface area contributed by atoms with E-state index in [1.807, 2.05) is 6.07 Å². The largest absolute Gasteiger partial charge is 0.350 e. The van der Waals surface area contributed by atoms with Gasteiger partial charge >= 0.3 is 6.03 Å². The lowest BCUT2D eigenvalue weighted by molar-refractivity contribution is -0.0382. The summed E-state index contributed by atoms with van der Waals surface area (Å²) in [4.78, 5) is 10.8. The maximum atomic E-state index is 10.8. The van der Waals surface area contributed by atoms with Crippen molar-refractivity contribution in [2.24, 2.45) is 5.73 Å². The Morgan fingerprint density at radius 3 is 2.44 bits per heavy atom. The molecule has 0 heterocycles. The van der Waals surface area contributed by atoms with Crippen LogP contribution in [0, 0.1) is 0 Å². The van der Waals surface area contributed by atoms with E-state index in [4.69, 9.17) is 5.73 Å². The van der Waals surface area contributed by atoms with Gasteiger partial charge in [-0.25, -0.2) is 9.86 Å². The first-order valence-electron chi connectivity index (χ1n) is 8.61. The predicted molar refractivity (Wildman–Crippen MR) is 99.6 cm³/mol. The minimum Gasteiger partial charge on any atom is -0.350 e. The molecule has 2 rings (SSSR count). The second-order valence-corrected chi connectivity index (χ2v) is 6.35. The van der Waals surface area contributed by atoms with Gasteiger partial charge in [0.15, 0.2) is 0 Å². The van der Waals surface area contributed by atoms with Crippen LogP contribution in [0.4, 0.5) is 4.79 Å². The number of nitrogens with one attached hydrogen (secondary N) is 1. The van der Waals surface area contributed by atoms with Gasteiger partial charge in [0, 0.05) is 18.5 Å². The van der Waals surface area contributed by atoms with Crippen LogP contribution in [0.15, 0.2) is 54.6 Å². The summed E-state index contributed by atoms with van der Waals surface area (Å²) in [5.74, 6) is 0.326. The van der Waals surface area contributed by atoms with Crippen LogP contribution < -0.4 is 11.1 Å². The zero-order chi connectivity index (χ0) is 18.2. The summed E-state index contributed by atoms with van der Waals surface area (Å²) in [6.07, 6.45) is 0.870. The van der Waals surface area contributed by atoms with Crippen molar-refractivity contribution in [1.29, 1.82) is 0 Å². The lowest BCUT2D eigenvalue weighted by Gasteiger charge is -2.21. The first-order chi connectivity index (χ1) is 12.0. The molecule has 0 radical (unpaired) electrons. The third kappa shape index (κ3) is 5.59. The summed E-state index contributed by atoms with van der Waals surface area (Å²) in [5.41, 5.74) is 8.92. The van der Waals surface area contributed by atoms with E-state index < -0.39 is 6.03 Å². The molecule has 2 aromatic carbocycles. The van der Waals surface area contributed by atoms with Gasteiger partial charge in [0.2, 0.25) is 0 Å². The van der Waals surface area contributed by atoms with E-state index in [1.54, 1.807) is 0 Å². The van der Waals surface area contributed by atoms with Gasteiger partial charge in [-0.05, 0) is 30.0 Å². The number of amides is 2. The molecule has 5 nitrogen and oxygen atoms in total. The van der Waals surface area contributed by atoms with Crippen molar-refractivity contribution < 1.29 is 10.0 Å². The van der Waals surface area contributed by atoms with Crippen molar-refractivity contribution in [2.75, 3.05) is 13.1 Å². The third-order valence-electron chi connectivity index (χ3n) is 4.42. The maximum Gasteiger partial charge on any atom is 0.338 e. The van der Waals surface area contributed by atoms with E-state index in [2.05, 4.69) is 67.7 Å². The minimum absolute atomic E-state index is 0.168. The van der Waals surface area contributed by atoms with E-state index in [0.717, 1.165) is 6.42 Å². The van der Waals surface area contributed by atoms with E-state index in [9.17, 15) is 10.0 Å². The normalized spacial score (nSPS) is 13.2. The highest BCUT2D eigenvalue weighted by Gasteiger charge is 2.14. The van der Waals surface area contributed by atoms with Gasteiger partial charge in [0.25, 0.3) is 0 Å². The van der Waals surface area contributed by atoms with Crippen LogP contribution in [0.2, 0.25) is 0 Å². The average molecular weight is 341 g/mol. The molecule has 0 aliphatic rings. The molecule has 25 heavy (non-hydrogen) atoms. The van der Waals surface area contributed by atoms with E-state index in [-0.39, 0.29) is 12.6 Å². The van der Waals surface area contributed by atoms with Crippen molar-refractivity contribution in [2.45, 2.75) is 32.2 Å². The van der Waals surface area contributed by atoms with Crippen molar-refractivity contribution in [3.05, 3.63) is 71.3 Å². The summed E-state index contributed by atoms with van der Waals surface area (Å²) >= 11 is 0. The molecule has 2 aromatic rings. The Balaban J connectivity index is 1.99. The number of benzene rings is 2. The topological polar surface area (TPSA) is 78.6 Å². The van der Waals surface area contributed by atoms with Gasteiger partial charge in [-0.2, -0.15) is 0 Å². The molecule has 2 unspecified atom stereocenters. The fourth-order valence-electron chi connectivity index (χ4n) is 2.99. The van der Waals surface area contributed by atoms with Crippen LogP contribution in [-0.2, 0) is 6.42 Å². The van der Waals surface area contributed by atoms with Crippen molar-refractivity contribution in [1.82, 2.24) is 10.4 Å². The lowest BCUT2D eigenvalue weighted by Crippen LogP contribution is -2.40. The SMILES string of the molecule is CC(Cc1ccccc1C(C)c1ccccc1)NCCN(O)C(N)=O. The maximum absolute atomic E-state index is 10.8. The predicted octanol–water partition coefficient (Wildman–Crippen LogP) is 3.13. The molecule has 0 aliphatic carbocycles. The average Bonchev–Trinajstić information content (AvgIpc) is 2.62. The quantitative estimate of drug-likeness (QED) is 0.510. The molecule has 0 bridgehead atoms. The Morgan fingerprint density at radius 2 is 1.76 bits per heavy atom. The second kappa shape index (κ2) is 9.20. The van der Waals surface area contributed by atoms with Crippen LogP contribution in [-0.4, -0.2) is 35.4 Å². The van der Waals surface area contributed by atoms with Gasteiger partial charge in [0.1, 0.15) is 0 Å². The molecule has 134 valence electrons. The standard InChI is InChI=1S/C20H27N3O2/c1-15(22-12-13-23(25)20(21)24)14-18-10-6-7-11-19(18)16(2)17-8-4-3-5-9-17/h3-11,15-16,22,25H,12-14H2,1-2H3,(H2,21,24). The number of hydrogen-bond acceptors (Lipinski definition) is 3. The summed E-state index contributed by atoms with van der Waals surface area (Å²) in [7, 11) is 0. The molecule has 0 saturated carbocycles. The molecular formula is C20H27N3O2. The van der Waals surface area contributed by atoms with Crippen molar-refractivity contribution in [3.63, 3.8) is 0 Å². The second-order valence-electron chi connectivity index (χ2n) is 6.35. The highest BCUT2D eigenvalue weighted by atomic mass is 16.5. The Morgan fingerprint density at radius 1 is 1.12 bits per heavy atom. The Bertz CT molecular complexity index is 676. The van der Waals surface area contributed by atoms with Gasteiger partial charge in [-0.1, -0.05) is 61.5 Å². The Hall–Kier alpha value is -2.37. The fourth-order valence-corrected chi connectivity index (χ4v) is 2.99. The van der Waals surface area contributed by atoms with Crippen LogP contribution in [0.1, 0.15) is 36.5 Å². The molecule has 0 aliphatic heterocycles. The minimum atomic E-state index is -0.837. The molecule has 2 atom stereocenters. The van der Waals surface area contributed by atoms with Gasteiger partial charge < -0.3 is 11.1 Å². The first-order valence-corrected chi connectivity index (χ1v) is 8.61. The molecule has 4 N–H and O–H groups in total. The number of primary amides is 1. The summed E-state index contributed by atoms with van der Waals surface area (Å²) in [6.45, 7) is 4.97. The van der Waals surface area contributed by atoms with E-state index >= 15 is 0 Å². The molecule has 2 amide bonds. The number of carbonyl (C=O) groups excluding carboxylic acids is 1. The van der Waals surface area contributed by atoms with E-state index in [0.29, 0.717) is 17.5 Å². The molecule has 5 heteroatoms. The first kappa shape index (κ1) is 19.0. The monoisotopic (exact) mass is 341 g/mol. The number of nitrogens with zero attached hydrogens (tertiary/aromatic N) is 1. The lowest BCUT2D eigenvalue weighted by atomic mass is 9.88. The molecule has 0 aromatic heterocycles. The van der Waals surface area contributed by atoms with Crippen LogP contribution in [0.25, 0.3) is 0 Å². The number of urea groups is 1. The number of hydrogen-bond donors (Lipinski definition) is 3. The number of rotatable bonds is 8. The smallest absolute Gasteiger partial charge is 0.338 e. The number of carbonyl (C=O) groups is 1. The van der Waals surface area contributed by atoms with Crippen LogP contribution in [0.3, 0.4) is 0 Å². The van der Waals surface area contributed by atoms with Crippen molar-refractivity contribution >= 4 is 6.03 Å². The third-order valence-corrected chi connectivity index (χ3v) is 4.42. The summed E-state index contributed by atoms with van der Waals surface area (Å²) in [5, 5.41) is 13.1. The number of nitrogens with two attached hydrogens (primary N) is 1. The van der Waals surface area contributed by atoms with Crippen LogP contribution >= 0.6 is 0 Å². The number of hydroxylamine groups is 2. The van der Waals surface area contributed by atoms with Gasteiger partial charge in [-0.3, -0.25) is 5.21 Å². The summed E-state index contributed by atoms with van der Waals surface area (Å²) in [6, 6.07) is 18.3. The molecular weight excluding hydrogens is 314 g/mol. The zero-order valence-electron chi connectivity index (χ0n) is 14.9. The summed E-state index contributed by atoms with van der Waals surface area (Å²) < 4.78 is 0. The molecule has 0 spiro atoms. The van der Waals surface area contributed by atoms with Gasteiger partial charge in [0.05, 0.1) is 6.54 Å². The molecule has 0 fully saturated rings. The van der Waals surface area contributed by atoms with Gasteiger partial charge in [-0.15, -0.1) is 0 Å². The van der Waals surface area contributed by atoms with E-state index in [1.165, 1.54) is 16.7 Å². The van der Waals surface area contributed by atoms with Crippen LogP contribution in [0.5, 0.6) is 0 Å². The highest BCUT2D eigenvalue weighted by Crippen LogP contribution is 2.27. The zero-order valence-corrected chi connectivity index (χ0v) is 14.9.